The highest BCUT2D eigenvalue weighted by atomic mass is 35.5. The van der Waals surface area contributed by atoms with Crippen molar-refractivity contribution in [1.82, 2.24) is 9.78 Å². The normalized spacial score (nSPS) is 11.0. The van der Waals surface area contributed by atoms with Crippen molar-refractivity contribution < 1.29 is 27.1 Å². The van der Waals surface area contributed by atoms with E-state index in [2.05, 4.69) is 10.4 Å². The summed E-state index contributed by atoms with van der Waals surface area (Å²) in [7, 11) is 0. The van der Waals surface area contributed by atoms with Crippen molar-refractivity contribution in [2.45, 2.75) is 27.0 Å². The summed E-state index contributed by atoms with van der Waals surface area (Å²) in [5, 5.41) is 8.32. The molecular formula is C26H19Cl2F4N3O2. The van der Waals surface area contributed by atoms with Crippen molar-refractivity contribution in [3.63, 3.8) is 0 Å². The summed E-state index contributed by atoms with van der Waals surface area (Å²) in [5.41, 5.74) is 3.21. The van der Waals surface area contributed by atoms with Gasteiger partial charge < -0.3 is 10.1 Å². The molecule has 0 atom stereocenters. The summed E-state index contributed by atoms with van der Waals surface area (Å²) < 4.78 is 60.9. The van der Waals surface area contributed by atoms with Crippen LogP contribution in [0.5, 0.6) is 5.75 Å². The Balaban J connectivity index is 1.45. The number of ether oxygens (including phenoxy) is 1. The number of amides is 1. The van der Waals surface area contributed by atoms with Gasteiger partial charge in [-0.3, -0.25) is 9.48 Å². The van der Waals surface area contributed by atoms with Crippen LogP contribution in [0.4, 0.5) is 23.2 Å². The molecule has 1 aromatic heterocycles. The quantitative estimate of drug-likeness (QED) is 0.194. The fourth-order valence-electron chi connectivity index (χ4n) is 3.64. The number of carbonyl (C=O) groups excluding carboxylic acids is 1. The highest BCUT2D eigenvalue weighted by molar-refractivity contribution is 6.36. The predicted molar refractivity (Wildman–Crippen MR) is 132 cm³/mol. The lowest BCUT2D eigenvalue weighted by Crippen LogP contribution is -2.13. The van der Waals surface area contributed by atoms with E-state index in [4.69, 9.17) is 27.9 Å². The molecule has 0 radical (unpaired) electrons. The van der Waals surface area contributed by atoms with Gasteiger partial charge in [0.05, 0.1) is 23.6 Å². The summed E-state index contributed by atoms with van der Waals surface area (Å²) in [5.74, 6) is -7.95. The maximum Gasteiger partial charge on any atom is 0.255 e. The lowest BCUT2D eigenvalue weighted by atomic mass is 10.1. The van der Waals surface area contributed by atoms with E-state index < -0.39 is 34.9 Å². The maximum absolute atomic E-state index is 13.8. The van der Waals surface area contributed by atoms with Gasteiger partial charge in [-0.2, -0.15) is 13.9 Å². The van der Waals surface area contributed by atoms with E-state index in [-0.39, 0.29) is 12.7 Å². The molecule has 1 heterocycles. The van der Waals surface area contributed by atoms with E-state index in [9.17, 15) is 22.4 Å². The molecule has 0 fully saturated rings. The molecular weight excluding hydrogens is 533 g/mol. The average molecular weight is 552 g/mol. The Morgan fingerprint density at radius 3 is 2.16 bits per heavy atom. The zero-order valence-corrected chi connectivity index (χ0v) is 21.0. The van der Waals surface area contributed by atoms with Crippen molar-refractivity contribution >= 4 is 34.8 Å². The summed E-state index contributed by atoms with van der Waals surface area (Å²) in [4.78, 5) is 12.8. The highest BCUT2D eigenvalue weighted by Gasteiger charge is 2.21. The number of hydrogen-bond acceptors (Lipinski definition) is 3. The van der Waals surface area contributed by atoms with Crippen LogP contribution in [-0.2, 0) is 13.2 Å². The maximum atomic E-state index is 13.8. The minimum atomic E-state index is -1.63. The minimum absolute atomic E-state index is 0.101. The molecule has 0 saturated heterocycles. The third-order valence-electron chi connectivity index (χ3n) is 5.66. The van der Waals surface area contributed by atoms with Crippen LogP contribution in [-0.4, -0.2) is 15.7 Å². The first-order chi connectivity index (χ1) is 17.6. The number of halogens is 6. The van der Waals surface area contributed by atoms with E-state index in [0.717, 1.165) is 0 Å². The van der Waals surface area contributed by atoms with Gasteiger partial charge in [0.25, 0.3) is 5.91 Å². The van der Waals surface area contributed by atoms with Crippen LogP contribution in [0.3, 0.4) is 0 Å². The van der Waals surface area contributed by atoms with Crippen LogP contribution in [0.15, 0.2) is 48.5 Å². The first-order valence-electron chi connectivity index (χ1n) is 10.9. The Bertz CT molecular complexity index is 1440. The third kappa shape index (κ3) is 5.57. The second-order valence-corrected chi connectivity index (χ2v) is 8.96. The first-order valence-corrected chi connectivity index (χ1v) is 11.7. The molecule has 3 aromatic carbocycles. The Labute approximate surface area is 219 Å². The fraction of sp³-hybridized carbons (Fsp3) is 0.154. The smallest absolute Gasteiger partial charge is 0.255 e. The van der Waals surface area contributed by atoms with Gasteiger partial charge in [0.1, 0.15) is 6.61 Å². The molecule has 5 nitrogen and oxygen atoms in total. The van der Waals surface area contributed by atoms with E-state index >= 15 is 0 Å². The number of nitrogens with one attached hydrogen (secondary N) is 1. The van der Waals surface area contributed by atoms with Crippen molar-refractivity contribution in [3.8, 4) is 5.75 Å². The number of carbonyl (C=O) groups is 1. The van der Waals surface area contributed by atoms with Crippen LogP contribution in [0.2, 0.25) is 10.0 Å². The van der Waals surface area contributed by atoms with Crippen molar-refractivity contribution in [2.75, 3.05) is 5.32 Å². The largest absolute Gasteiger partial charge is 0.483 e. The van der Waals surface area contributed by atoms with E-state index in [1.165, 1.54) is 24.3 Å². The molecule has 0 aliphatic carbocycles. The SMILES string of the molecule is Cc1nn(Cc2c(Cl)cccc2Cl)c(C)c1NC(=O)c1ccc(COc2c(F)c(F)cc(F)c2F)cc1. The Morgan fingerprint density at radius 1 is 0.973 bits per heavy atom. The summed E-state index contributed by atoms with van der Waals surface area (Å²) >= 11 is 12.5. The molecule has 0 bridgehead atoms. The summed E-state index contributed by atoms with van der Waals surface area (Å²) in [6, 6.07) is 11.2. The molecule has 4 aromatic rings. The van der Waals surface area contributed by atoms with Gasteiger partial charge >= 0.3 is 0 Å². The lowest BCUT2D eigenvalue weighted by Gasteiger charge is -2.11. The molecule has 0 unspecified atom stereocenters. The van der Waals surface area contributed by atoms with Crippen LogP contribution in [0.1, 0.15) is 32.9 Å². The molecule has 0 saturated carbocycles. The number of aryl methyl sites for hydroxylation is 1. The van der Waals surface area contributed by atoms with Gasteiger partial charge in [0.2, 0.25) is 11.6 Å². The number of aromatic nitrogens is 2. The minimum Gasteiger partial charge on any atom is -0.483 e. The Kier molecular flexibility index (Phi) is 7.75. The second-order valence-electron chi connectivity index (χ2n) is 8.14. The van der Waals surface area contributed by atoms with Crippen molar-refractivity contribution in [2.24, 2.45) is 0 Å². The van der Waals surface area contributed by atoms with Gasteiger partial charge in [0, 0.05) is 27.2 Å². The summed E-state index contributed by atoms with van der Waals surface area (Å²) in [6.07, 6.45) is 0. The van der Waals surface area contributed by atoms with E-state index in [0.29, 0.717) is 50.4 Å². The summed E-state index contributed by atoms with van der Waals surface area (Å²) in [6.45, 7) is 3.48. The van der Waals surface area contributed by atoms with Gasteiger partial charge in [0.15, 0.2) is 17.4 Å². The topological polar surface area (TPSA) is 56.2 Å². The monoisotopic (exact) mass is 551 g/mol. The van der Waals surface area contributed by atoms with E-state index in [1.54, 1.807) is 36.7 Å². The van der Waals surface area contributed by atoms with Crippen LogP contribution in [0.25, 0.3) is 0 Å². The molecule has 192 valence electrons. The molecule has 4 rings (SSSR count). The van der Waals surface area contributed by atoms with Gasteiger partial charge in [-0.1, -0.05) is 41.4 Å². The van der Waals surface area contributed by atoms with Gasteiger partial charge in [-0.15, -0.1) is 0 Å². The second kappa shape index (κ2) is 10.8. The van der Waals surface area contributed by atoms with Gasteiger partial charge in [-0.05, 0) is 43.7 Å². The standard InChI is InChI=1S/C26H19Cl2F4N3O2/c1-13-24(14(2)35(34-13)11-17-18(27)4-3-5-19(17)28)33-26(36)16-8-6-15(7-9-16)12-37-25-22(31)20(29)10-21(30)23(25)32/h3-10H,11-12H2,1-2H3,(H,33,36). The molecule has 1 N–H and O–H groups in total. The van der Waals surface area contributed by atoms with Gasteiger partial charge in [-0.25, -0.2) is 8.78 Å². The van der Waals surface area contributed by atoms with Crippen molar-refractivity contribution in [3.05, 3.63) is 110 Å². The Morgan fingerprint density at radius 2 is 1.57 bits per heavy atom. The fourth-order valence-corrected chi connectivity index (χ4v) is 4.15. The predicted octanol–water partition coefficient (Wildman–Crippen LogP) is 7.24. The number of hydrogen-bond donors (Lipinski definition) is 1. The van der Waals surface area contributed by atoms with Crippen LogP contribution >= 0.6 is 23.2 Å². The molecule has 37 heavy (non-hydrogen) atoms. The molecule has 0 spiro atoms. The molecule has 0 aliphatic rings. The number of benzene rings is 3. The number of rotatable bonds is 7. The number of anilines is 1. The zero-order valence-electron chi connectivity index (χ0n) is 19.5. The van der Waals surface area contributed by atoms with Crippen LogP contribution < -0.4 is 10.1 Å². The van der Waals surface area contributed by atoms with Crippen molar-refractivity contribution in [1.29, 1.82) is 0 Å². The first kappa shape index (κ1) is 26.5. The van der Waals surface area contributed by atoms with E-state index in [1.807, 2.05) is 0 Å². The molecule has 11 heteroatoms. The third-order valence-corrected chi connectivity index (χ3v) is 6.37. The molecule has 1 amide bonds. The number of nitrogens with zero attached hydrogens (tertiary/aromatic N) is 2. The highest BCUT2D eigenvalue weighted by Crippen LogP contribution is 2.29. The zero-order chi connectivity index (χ0) is 26.9. The average Bonchev–Trinajstić information content (AvgIpc) is 3.12. The Hall–Kier alpha value is -3.56. The lowest BCUT2D eigenvalue weighted by molar-refractivity contribution is 0.102. The van der Waals surface area contributed by atoms with Crippen LogP contribution in [0, 0.1) is 37.1 Å². The molecule has 0 aliphatic heterocycles.